The van der Waals surface area contributed by atoms with Crippen LogP contribution >= 0.6 is 11.3 Å². The van der Waals surface area contributed by atoms with Crippen LogP contribution in [0.2, 0.25) is 0 Å². The number of hydrogen-bond donors (Lipinski definition) is 3. The monoisotopic (exact) mass is 358 g/mol. The first-order valence-corrected chi connectivity index (χ1v) is 9.28. The average molecular weight is 358 g/mol. The Balaban J connectivity index is 1.82. The smallest absolute Gasteiger partial charge is 0.252 e. The van der Waals surface area contributed by atoms with Gasteiger partial charge in [0.15, 0.2) is 0 Å². The number of rotatable bonds is 4. The van der Waals surface area contributed by atoms with Gasteiger partial charge in [-0.05, 0) is 30.5 Å². The van der Waals surface area contributed by atoms with Crippen LogP contribution < -0.4 is 16.0 Å². The van der Waals surface area contributed by atoms with Gasteiger partial charge in [0.2, 0.25) is 5.91 Å². The summed E-state index contributed by atoms with van der Waals surface area (Å²) in [5.41, 5.74) is 10.4. The molecule has 1 aromatic heterocycles. The predicted molar refractivity (Wildman–Crippen MR) is 100 cm³/mol. The topological polar surface area (TPSA) is 76.6 Å². The predicted octanol–water partition coefficient (Wildman–Crippen LogP) is 1.22. The van der Waals surface area contributed by atoms with Crippen LogP contribution in [0.25, 0.3) is 0 Å². The molecule has 0 saturated carbocycles. The molecule has 4 N–H and O–H groups in total. The van der Waals surface area contributed by atoms with E-state index in [9.17, 15) is 9.59 Å². The molecule has 3 rings (SSSR count). The van der Waals surface area contributed by atoms with Gasteiger partial charge in [-0.25, -0.2) is 0 Å². The first-order valence-electron chi connectivity index (χ1n) is 8.46. The summed E-state index contributed by atoms with van der Waals surface area (Å²) in [6.45, 7) is 5.88. The summed E-state index contributed by atoms with van der Waals surface area (Å²) in [4.78, 5) is 27.0. The van der Waals surface area contributed by atoms with E-state index in [1.165, 1.54) is 21.8 Å². The van der Waals surface area contributed by atoms with Crippen molar-refractivity contribution in [2.24, 2.45) is 5.73 Å². The molecular weight excluding hydrogens is 334 g/mol. The van der Waals surface area contributed by atoms with E-state index >= 15 is 0 Å². The highest BCUT2D eigenvalue weighted by atomic mass is 32.1. The van der Waals surface area contributed by atoms with E-state index in [1.54, 1.807) is 0 Å². The Bertz CT molecular complexity index is 841. The average Bonchev–Trinajstić information content (AvgIpc) is 2.86. The number of likely N-dealkylation sites (N-methyl/N-ethyl adjacent to an activating group) is 1. The molecule has 6 heteroatoms. The number of quaternary nitrogens is 1. The van der Waals surface area contributed by atoms with Crippen LogP contribution in [0.1, 0.15) is 37.5 Å². The van der Waals surface area contributed by atoms with Gasteiger partial charge in [-0.2, -0.15) is 0 Å². The number of carbonyl (C=O) groups excluding carboxylic acids is 2. The van der Waals surface area contributed by atoms with Crippen LogP contribution in [0.4, 0.5) is 5.00 Å². The lowest BCUT2D eigenvalue weighted by molar-refractivity contribution is -0.895. The summed E-state index contributed by atoms with van der Waals surface area (Å²) in [7, 11) is 2.13. The normalized spacial score (nSPS) is 16.4. The van der Waals surface area contributed by atoms with Crippen molar-refractivity contribution in [3.63, 3.8) is 0 Å². The minimum Gasteiger partial charge on any atom is -0.365 e. The summed E-state index contributed by atoms with van der Waals surface area (Å²) in [6.07, 6.45) is 1.11. The van der Waals surface area contributed by atoms with E-state index in [-0.39, 0.29) is 12.3 Å². The number of nitrogens with one attached hydrogen (secondary N) is 2. The summed E-state index contributed by atoms with van der Waals surface area (Å²) in [5, 5.41) is 3.52. The third-order valence-corrected chi connectivity index (χ3v) is 5.85. The van der Waals surface area contributed by atoms with Gasteiger partial charge in [0.1, 0.15) is 11.5 Å². The maximum absolute atomic E-state index is 12.5. The first kappa shape index (κ1) is 17.6. The minimum absolute atomic E-state index is 0.117. The minimum atomic E-state index is -0.459. The Hall–Kier alpha value is -2.18. The number of aryl methyl sites for hydroxylation is 2. The van der Waals surface area contributed by atoms with E-state index in [1.807, 2.05) is 26.0 Å². The lowest BCUT2D eigenvalue weighted by atomic mass is 10.0. The lowest BCUT2D eigenvalue weighted by Gasteiger charge is -2.19. The molecule has 0 spiro atoms. The van der Waals surface area contributed by atoms with Gasteiger partial charge in [-0.3, -0.25) is 9.59 Å². The van der Waals surface area contributed by atoms with E-state index in [0.29, 0.717) is 10.6 Å². The van der Waals surface area contributed by atoms with Gasteiger partial charge in [0.25, 0.3) is 5.91 Å². The number of carbonyl (C=O) groups is 2. The molecule has 25 heavy (non-hydrogen) atoms. The van der Waals surface area contributed by atoms with E-state index in [2.05, 4.69) is 18.4 Å². The fourth-order valence-electron chi connectivity index (χ4n) is 3.36. The molecule has 0 fully saturated rings. The second-order valence-corrected chi connectivity index (χ2v) is 7.97. The molecule has 1 aliphatic rings. The van der Waals surface area contributed by atoms with Crippen molar-refractivity contribution in [3.05, 3.63) is 50.9 Å². The van der Waals surface area contributed by atoms with Gasteiger partial charge in [0, 0.05) is 6.42 Å². The fraction of sp³-hybridized carbons (Fsp3) is 0.368. The van der Waals surface area contributed by atoms with Crippen molar-refractivity contribution >= 4 is 28.2 Å². The van der Waals surface area contributed by atoms with E-state index in [4.69, 9.17) is 5.73 Å². The number of amides is 2. The van der Waals surface area contributed by atoms with Crippen molar-refractivity contribution in [3.8, 4) is 0 Å². The Labute approximate surface area is 151 Å². The summed E-state index contributed by atoms with van der Waals surface area (Å²) < 4.78 is 0. The highest BCUT2D eigenvalue weighted by Gasteiger charge is 2.28. The third-order valence-electron chi connectivity index (χ3n) is 4.70. The largest absolute Gasteiger partial charge is 0.365 e. The zero-order chi connectivity index (χ0) is 18.1. The van der Waals surface area contributed by atoms with Gasteiger partial charge >= 0.3 is 0 Å². The number of hydrogen-bond acceptors (Lipinski definition) is 3. The Morgan fingerprint density at radius 1 is 1.32 bits per heavy atom. The number of nitrogens with two attached hydrogens (primary N) is 1. The van der Waals surface area contributed by atoms with Crippen molar-refractivity contribution in [2.45, 2.75) is 33.2 Å². The molecule has 0 bridgehead atoms. The Morgan fingerprint density at radius 3 is 2.76 bits per heavy atom. The standard InChI is InChI=1S/C19H23N3O2S/c1-11-4-5-13(12(2)8-11)9-16(23)21-19-17(18(20)24)14-6-7-22(3)10-15(14)25-19/h4-5,8H,6-7,9-10H2,1-3H3,(H2,20,24)(H,21,23)/p+1. The Morgan fingerprint density at radius 2 is 2.08 bits per heavy atom. The molecule has 1 atom stereocenters. The van der Waals surface area contributed by atoms with Gasteiger partial charge in [0.05, 0.1) is 30.5 Å². The molecule has 2 aromatic rings. The zero-order valence-corrected chi connectivity index (χ0v) is 15.7. The molecule has 1 aromatic carbocycles. The lowest BCUT2D eigenvalue weighted by Crippen LogP contribution is -3.08. The van der Waals surface area contributed by atoms with Crippen molar-refractivity contribution in [1.29, 1.82) is 0 Å². The third kappa shape index (κ3) is 3.75. The van der Waals surface area contributed by atoms with Crippen LogP contribution in [0.3, 0.4) is 0 Å². The van der Waals surface area contributed by atoms with Crippen LogP contribution in [0.15, 0.2) is 18.2 Å². The molecule has 0 saturated heterocycles. The zero-order valence-electron chi connectivity index (χ0n) is 14.9. The molecule has 0 aliphatic carbocycles. The quantitative estimate of drug-likeness (QED) is 0.768. The molecule has 5 nitrogen and oxygen atoms in total. The number of anilines is 1. The van der Waals surface area contributed by atoms with Gasteiger partial charge in [-0.15, -0.1) is 11.3 Å². The number of primary amides is 1. The van der Waals surface area contributed by atoms with Gasteiger partial charge in [-0.1, -0.05) is 23.8 Å². The SMILES string of the molecule is Cc1ccc(CC(=O)Nc2sc3c(c2C(N)=O)CC[NH+](C)C3)c(C)c1. The molecule has 0 radical (unpaired) electrons. The number of thiophene rings is 1. The molecule has 2 heterocycles. The van der Waals surface area contributed by atoms with Crippen molar-refractivity contribution in [1.82, 2.24) is 0 Å². The van der Waals surface area contributed by atoms with Crippen molar-refractivity contribution < 1.29 is 14.5 Å². The molecule has 2 amide bonds. The van der Waals surface area contributed by atoms with Crippen LogP contribution in [-0.2, 0) is 24.2 Å². The highest BCUT2D eigenvalue weighted by Crippen LogP contribution is 2.34. The maximum atomic E-state index is 12.5. The van der Waals surface area contributed by atoms with Crippen LogP contribution in [0.5, 0.6) is 0 Å². The van der Waals surface area contributed by atoms with Crippen molar-refractivity contribution in [2.75, 3.05) is 18.9 Å². The first-order chi connectivity index (χ1) is 11.8. The second kappa shape index (κ2) is 6.98. The Kier molecular flexibility index (Phi) is 4.92. The maximum Gasteiger partial charge on any atom is 0.252 e. The number of benzene rings is 1. The summed E-state index contributed by atoms with van der Waals surface area (Å²) in [6, 6.07) is 6.06. The molecule has 1 aliphatic heterocycles. The highest BCUT2D eigenvalue weighted by molar-refractivity contribution is 7.17. The van der Waals surface area contributed by atoms with Gasteiger partial charge < -0.3 is 16.0 Å². The number of fused-ring (bicyclic) bond motifs is 1. The summed E-state index contributed by atoms with van der Waals surface area (Å²) >= 11 is 1.49. The van der Waals surface area contributed by atoms with E-state index in [0.717, 1.165) is 41.1 Å². The van der Waals surface area contributed by atoms with Crippen LogP contribution in [-0.4, -0.2) is 25.4 Å². The van der Waals surface area contributed by atoms with E-state index < -0.39 is 5.91 Å². The summed E-state index contributed by atoms with van der Waals surface area (Å²) in [5.74, 6) is -0.576. The molecule has 132 valence electrons. The van der Waals surface area contributed by atoms with Crippen LogP contribution in [0, 0.1) is 13.8 Å². The molecule has 1 unspecified atom stereocenters. The second-order valence-electron chi connectivity index (χ2n) is 6.86. The molecular formula is C19H24N3O2S+. The fourth-order valence-corrected chi connectivity index (χ4v) is 4.74.